The number of nitrogen functional groups attached to an aromatic ring is 1. The van der Waals surface area contributed by atoms with Gasteiger partial charge >= 0.3 is 0 Å². The molecule has 9 heteroatoms. The Morgan fingerprint density at radius 1 is 1.38 bits per heavy atom. The van der Waals surface area contributed by atoms with Crippen LogP contribution in [0.15, 0.2) is 36.7 Å². The first kappa shape index (κ1) is 15.9. The lowest BCUT2D eigenvalue weighted by Gasteiger charge is -2.09. The number of amides is 1. The molecule has 1 aromatic carbocycles. The monoisotopic (exact) mass is 346 g/mol. The van der Waals surface area contributed by atoms with Crippen molar-refractivity contribution in [3.63, 3.8) is 0 Å². The van der Waals surface area contributed by atoms with E-state index in [9.17, 15) is 9.18 Å². The van der Waals surface area contributed by atoms with Gasteiger partial charge in [0.1, 0.15) is 17.2 Å². The van der Waals surface area contributed by atoms with E-state index in [1.165, 1.54) is 35.3 Å². The summed E-state index contributed by atoms with van der Waals surface area (Å²) in [6.07, 6.45) is 2.82. The van der Waals surface area contributed by atoms with Gasteiger partial charge in [-0.2, -0.15) is 5.10 Å². The second-order valence-corrected chi connectivity index (χ2v) is 5.31. The van der Waals surface area contributed by atoms with E-state index >= 15 is 0 Å². The van der Waals surface area contributed by atoms with Crippen molar-refractivity contribution in [1.29, 1.82) is 0 Å². The minimum Gasteiger partial charge on any atom is -0.382 e. The second kappa shape index (κ2) is 6.25. The third-order valence-electron chi connectivity index (χ3n) is 3.28. The zero-order valence-electron chi connectivity index (χ0n) is 12.5. The smallest absolute Gasteiger partial charge is 0.275 e. The van der Waals surface area contributed by atoms with Crippen LogP contribution in [0.25, 0.3) is 11.3 Å². The summed E-state index contributed by atoms with van der Waals surface area (Å²) in [5, 5.41) is 6.78. The van der Waals surface area contributed by atoms with Gasteiger partial charge in [0.15, 0.2) is 11.6 Å². The van der Waals surface area contributed by atoms with Crippen LogP contribution in [0.3, 0.4) is 0 Å². The Morgan fingerprint density at radius 3 is 2.83 bits per heavy atom. The normalized spacial score (nSPS) is 10.6. The van der Waals surface area contributed by atoms with Gasteiger partial charge in [-0.15, -0.1) is 0 Å². The lowest BCUT2D eigenvalue weighted by molar-refractivity contribution is 0.101. The maximum atomic E-state index is 13.4. The molecule has 0 bridgehead atoms. The second-order valence-electron chi connectivity index (χ2n) is 4.91. The highest BCUT2D eigenvalue weighted by atomic mass is 35.5. The molecule has 122 valence electrons. The third kappa shape index (κ3) is 3.04. The van der Waals surface area contributed by atoms with Gasteiger partial charge in [-0.1, -0.05) is 11.6 Å². The van der Waals surface area contributed by atoms with E-state index in [4.69, 9.17) is 17.3 Å². The van der Waals surface area contributed by atoms with Crippen molar-refractivity contribution in [2.75, 3.05) is 11.1 Å². The molecular formula is C15H12ClFN6O. The van der Waals surface area contributed by atoms with Crippen LogP contribution in [0.5, 0.6) is 0 Å². The van der Waals surface area contributed by atoms with E-state index in [1.54, 1.807) is 13.1 Å². The number of halogens is 2. The molecule has 2 heterocycles. The predicted octanol–water partition coefficient (Wildman–Crippen LogP) is 2.50. The number of carbonyl (C=O) groups is 1. The first-order valence-corrected chi connectivity index (χ1v) is 7.21. The molecule has 2 aromatic heterocycles. The molecule has 3 N–H and O–H groups in total. The average Bonchev–Trinajstić information content (AvgIpc) is 2.96. The number of nitrogens with zero attached hydrogens (tertiary/aromatic N) is 4. The van der Waals surface area contributed by atoms with Gasteiger partial charge < -0.3 is 11.1 Å². The van der Waals surface area contributed by atoms with Gasteiger partial charge in [-0.25, -0.2) is 14.4 Å². The molecule has 0 atom stereocenters. The number of hydrogen-bond acceptors (Lipinski definition) is 5. The highest BCUT2D eigenvalue weighted by Gasteiger charge is 2.15. The molecule has 0 saturated carbocycles. The zero-order chi connectivity index (χ0) is 17.3. The molecule has 24 heavy (non-hydrogen) atoms. The average molecular weight is 347 g/mol. The molecular weight excluding hydrogens is 335 g/mol. The zero-order valence-corrected chi connectivity index (χ0v) is 13.3. The van der Waals surface area contributed by atoms with Crippen LogP contribution in [-0.2, 0) is 7.05 Å². The van der Waals surface area contributed by atoms with Crippen LogP contribution < -0.4 is 11.1 Å². The van der Waals surface area contributed by atoms with Crippen LogP contribution in [0.1, 0.15) is 10.5 Å². The minimum atomic E-state index is -0.468. The Balaban J connectivity index is 1.89. The fraction of sp³-hybridized carbons (Fsp3) is 0.0667. The van der Waals surface area contributed by atoms with E-state index in [0.29, 0.717) is 16.3 Å². The van der Waals surface area contributed by atoms with Gasteiger partial charge in [0.05, 0.1) is 11.2 Å². The van der Waals surface area contributed by atoms with Gasteiger partial charge in [-0.05, 0) is 24.3 Å². The Hall–Kier alpha value is -3.00. The summed E-state index contributed by atoms with van der Waals surface area (Å²) in [7, 11) is 1.64. The first-order valence-electron chi connectivity index (χ1n) is 6.83. The number of nitrogens with one attached hydrogen (secondary N) is 1. The molecule has 0 fully saturated rings. The van der Waals surface area contributed by atoms with Crippen LogP contribution in [-0.4, -0.2) is 25.7 Å². The summed E-state index contributed by atoms with van der Waals surface area (Å²) >= 11 is 6.04. The Labute approximate surface area is 141 Å². The molecule has 7 nitrogen and oxygen atoms in total. The minimum absolute atomic E-state index is 0.0188. The topological polar surface area (TPSA) is 98.7 Å². The highest BCUT2D eigenvalue weighted by Crippen LogP contribution is 2.30. The SMILES string of the molecule is Cn1nccc1C(=O)Nc1cnc(-c2cc(F)ccc2Cl)c(N)n1. The summed E-state index contributed by atoms with van der Waals surface area (Å²) in [4.78, 5) is 20.3. The number of benzene rings is 1. The Kier molecular flexibility index (Phi) is 4.13. The van der Waals surface area contributed by atoms with Crippen molar-refractivity contribution >= 4 is 29.1 Å². The number of hydrogen-bond donors (Lipinski definition) is 2. The van der Waals surface area contributed by atoms with E-state index < -0.39 is 11.7 Å². The maximum absolute atomic E-state index is 13.4. The number of aromatic nitrogens is 4. The van der Waals surface area contributed by atoms with Crippen LogP contribution >= 0.6 is 11.6 Å². The Morgan fingerprint density at radius 2 is 2.17 bits per heavy atom. The largest absolute Gasteiger partial charge is 0.382 e. The van der Waals surface area contributed by atoms with Crippen molar-refractivity contribution in [2.45, 2.75) is 0 Å². The van der Waals surface area contributed by atoms with E-state index in [0.717, 1.165) is 0 Å². The molecule has 3 aromatic rings. The van der Waals surface area contributed by atoms with Crippen molar-refractivity contribution in [1.82, 2.24) is 19.7 Å². The molecule has 0 aliphatic rings. The summed E-state index contributed by atoms with van der Waals surface area (Å²) in [5.74, 6) is -0.690. The van der Waals surface area contributed by atoms with E-state index in [2.05, 4.69) is 20.4 Å². The molecule has 0 unspecified atom stereocenters. The summed E-state index contributed by atoms with van der Waals surface area (Å²) in [6.45, 7) is 0. The highest BCUT2D eigenvalue weighted by molar-refractivity contribution is 6.33. The lowest BCUT2D eigenvalue weighted by Crippen LogP contribution is -2.17. The standard InChI is InChI=1S/C15H12ClFN6O/c1-23-11(4-5-20-23)15(24)22-12-7-19-13(14(18)21-12)9-6-8(17)2-3-10(9)16/h2-7H,1H3,(H3,18,21,22,24). The summed E-state index contributed by atoms with van der Waals surface area (Å²) in [5.41, 5.74) is 6.79. The fourth-order valence-electron chi connectivity index (χ4n) is 2.13. The molecule has 0 saturated heterocycles. The third-order valence-corrected chi connectivity index (χ3v) is 3.61. The molecule has 3 rings (SSSR count). The fourth-order valence-corrected chi connectivity index (χ4v) is 2.33. The van der Waals surface area contributed by atoms with E-state index in [1.807, 2.05) is 0 Å². The maximum Gasteiger partial charge on any atom is 0.275 e. The van der Waals surface area contributed by atoms with Crippen molar-refractivity contribution in [3.8, 4) is 11.3 Å². The number of rotatable bonds is 3. The molecule has 0 spiro atoms. The van der Waals surface area contributed by atoms with Crippen LogP contribution in [0.2, 0.25) is 5.02 Å². The number of anilines is 2. The van der Waals surface area contributed by atoms with Gasteiger partial charge in [0, 0.05) is 18.8 Å². The predicted molar refractivity (Wildman–Crippen MR) is 88.0 cm³/mol. The van der Waals surface area contributed by atoms with Crippen LogP contribution in [0.4, 0.5) is 16.0 Å². The molecule has 0 aliphatic heterocycles. The number of aryl methyl sites for hydroxylation is 1. The van der Waals surface area contributed by atoms with Gasteiger partial charge in [0.2, 0.25) is 0 Å². The number of nitrogens with two attached hydrogens (primary N) is 1. The quantitative estimate of drug-likeness (QED) is 0.759. The molecule has 0 aliphatic carbocycles. The summed E-state index contributed by atoms with van der Waals surface area (Å²) < 4.78 is 14.8. The lowest BCUT2D eigenvalue weighted by atomic mass is 10.1. The van der Waals surface area contributed by atoms with Crippen molar-refractivity contribution in [2.24, 2.45) is 7.05 Å². The summed E-state index contributed by atoms with van der Waals surface area (Å²) in [6, 6.07) is 5.42. The number of carbonyl (C=O) groups excluding carboxylic acids is 1. The van der Waals surface area contributed by atoms with Crippen molar-refractivity contribution in [3.05, 3.63) is 53.2 Å². The van der Waals surface area contributed by atoms with Gasteiger partial charge in [-0.3, -0.25) is 9.48 Å². The van der Waals surface area contributed by atoms with Gasteiger partial charge in [0.25, 0.3) is 5.91 Å². The Bertz CT molecular complexity index is 926. The molecule has 1 amide bonds. The van der Waals surface area contributed by atoms with Crippen molar-refractivity contribution < 1.29 is 9.18 Å². The van der Waals surface area contributed by atoms with Crippen LogP contribution in [0, 0.1) is 5.82 Å². The molecule has 0 radical (unpaired) electrons. The van der Waals surface area contributed by atoms with E-state index in [-0.39, 0.29) is 17.3 Å². The first-order chi connectivity index (χ1) is 11.5.